The molecule has 0 saturated heterocycles. The van der Waals surface area contributed by atoms with E-state index in [1.807, 2.05) is 0 Å². The maximum atomic E-state index is 10.2. The minimum Gasteiger partial charge on any atom is -0.483 e. The molecule has 0 spiro atoms. The van der Waals surface area contributed by atoms with Crippen molar-refractivity contribution in [2.75, 3.05) is 0 Å². The first-order chi connectivity index (χ1) is 6.58. The van der Waals surface area contributed by atoms with Gasteiger partial charge in [0.25, 0.3) is 6.47 Å². The van der Waals surface area contributed by atoms with Crippen molar-refractivity contribution in [3.05, 3.63) is 0 Å². The average Bonchev–Trinajstić information content (AvgIpc) is 2.12. The third-order valence-electron chi connectivity index (χ3n) is 1.90. The van der Waals surface area contributed by atoms with E-state index in [1.165, 1.54) is 19.3 Å². The van der Waals surface area contributed by atoms with Gasteiger partial charge >= 0.3 is 5.97 Å². The number of carbonyl (C=O) groups is 2. The average molecular weight is 204 g/mol. The van der Waals surface area contributed by atoms with Gasteiger partial charge in [-0.15, -0.1) is 0 Å². The minimum absolute atomic E-state index is 0.250. The molecule has 0 aromatic heterocycles. The molecule has 1 unspecified atom stereocenters. The zero-order chi connectivity index (χ0) is 11.4. The Morgan fingerprint density at radius 1 is 1.43 bits per heavy atom. The number of hydrogen-bond donors (Lipinski definition) is 2. The van der Waals surface area contributed by atoms with Crippen LogP contribution in [0.2, 0.25) is 0 Å². The van der Waals surface area contributed by atoms with Crippen LogP contribution in [0.4, 0.5) is 0 Å². The fraction of sp³-hybridized carbons (Fsp3) is 0.800. The van der Waals surface area contributed by atoms with E-state index in [0.717, 1.165) is 6.42 Å². The molecule has 0 aromatic carbocycles. The Morgan fingerprint density at radius 2 is 1.93 bits per heavy atom. The molecule has 14 heavy (non-hydrogen) atoms. The molecule has 0 fully saturated rings. The van der Waals surface area contributed by atoms with Gasteiger partial charge in [0.1, 0.15) is 0 Å². The summed E-state index contributed by atoms with van der Waals surface area (Å²) in [5.74, 6) is -0.0978. The van der Waals surface area contributed by atoms with Crippen LogP contribution in [-0.4, -0.2) is 22.7 Å². The largest absolute Gasteiger partial charge is 0.483 e. The number of unbranched alkanes of at least 4 members (excludes halogenated alkanes) is 1. The summed E-state index contributed by atoms with van der Waals surface area (Å²) in [5, 5.41) is 15.3. The first-order valence-electron chi connectivity index (χ1n) is 4.88. The minimum atomic E-state index is -0.673. The molecule has 4 heteroatoms. The molecule has 0 bridgehead atoms. The summed E-state index contributed by atoms with van der Waals surface area (Å²) in [6.07, 6.45) is 4.75. The van der Waals surface area contributed by atoms with Crippen molar-refractivity contribution in [1.82, 2.24) is 0 Å². The van der Waals surface area contributed by atoms with Crippen LogP contribution in [-0.2, 0) is 9.59 Å². The molecule has 0 radical (unpaired) electrons. The molecule has 0 aromatic rings. The normalized spacial score (nSPS) is 11.0. The van der Waals surface area contributed by atoms with Crippen molar-refractivity contribution in [2.45, 2.75) is 46.0 Å². The van der Waals surface area contributed by atoms with Crippen molar-refractivity contribution in [1.29, 1.82) is 0 Å². The lowest BCUT2D eigenvalue weighted by atomic mass is 9.99. The second-order valence-electron chi connectivity index (χ2n) is 3.29. The topological polar surface area (TPSA) is 74.6 Å². The van der Waals surface area contributed by atoms with Crippen molar-refractivity contribution in [3.63, 3.8) is 0 Å². The molecule has 2 N–H and O–H groups in total. The van der Waals surface area contributed by atoms with E-state index in [1.54, 1.807) is 0 Å². The number of hydrogen-bond acceptors (Lipinski definition) is 2. The SMILES string of the molecule is CCCCC(C)CCC(=O)O.O=CO. The van der Waals surface area contributed by atoms with Crippen LogP contribution in [0.3, 0.4) is 0 Å². The molecule has 0 saturated carbocycles. The van der Waals surface area contributed by atoms with Crippen LogP contribution >= 0.6 is 0 Å². The summed E-state index contributed by atoms with van der Waals surface area (Å²) < 4.78 is 0. The van der Waals surface area contributed by atoms with Gasteiger partial charge in [0.15, 0.2) is 0 Å². The van der Waals surface area contributed by atoms with Gasteiger partial charge in [-0.25, -0.2) is 0 Å². The summed E-state index contributed by atoms with van der Waals surface area (Å²) in [6, 6.07) is 0. The number of carboxylic acids is 1. The van der Waals surface area contributed by atoms with Gasteiger partial charge < -0.3 is 10.2 Å². The predicted octanol–water partition coefficient (Wildman–Crippen LogP) is 2.38. The summed E-state index contributed by atoms with van der Waals surface area (Å²) in [6.45, 7) is 4.03. The van der Waals surface area contributed by atoms with Gasteiger partial charge in [-0.2, -0.15) is 0 Å². The molecule has 0 aliphatic heterocycles. The van der Waals surface area contributed by atoms with Crippen LogP contribution < -0.4 is 0 Å². The lowest BCUT2D eigenvalue weighted by Crippen LogP contribution is -2.00. The Kier molecular flexibility index (Phi) is 13.1. The van der Waals surface area contributed by atoms with Crippen LogP contribution in [0.15, 0.2) is 0 Å². The Morgan fingerprint density at radius 3 is 2.29 bits per heavy atom. The summed E-state index contributed by atoms with van der Waals surface area (Å²) in [7, 11) is 0. The van der Waals surface area contributed by atoms with E-state index in [9.17, 15) is 4.79 Å². The highest BCUT2D eigenvalue weighted by molar-refractivity contribution is 5.66. The molecule has 1 atom stereocenters. The van der Waals surface area contributed by atoms with E-state index >= 15 is 0 Å². The third kappa shape index (κ3) is 17.1. The molecule has 0 aliphatic carbocycles. The third-order valence-corrected chi connectivity index (χ3v) is 1.90. The molecule has 84 valence electrons. The van der Waals surface area contributed by atoms with E-state index in [-0.39, 0.29) is 6.47 Å². The lowest BCUT2D eigenvalue weighted by molar-refractivity contribution is -0.137. The highest BCUT2D eigenvalue weighted by Gasteiger charge is 2.03. The van der Waals surface area contributed by atoms with Gasteiger partial charge in [-0.05, 0) is 12.3 Å². The molecule has 0 rings (SSSR count). The second-order valence-corrected chi connectivity index (χ2v) is 3.29. The Balaban J connectivity index is 0. The fourth-order valence-corrected chi connectivity index (χ4v) is 1.07. The van der Waals surface area contributed by atoms with E-state index in [4.69, 9.17) is 15.0 Å². The smallest absolute Gasteiger partial charge is 0.303 e. The predicted molar refractivity (Wildman–Crippen MR) is 54.3 cm³/mol. The van der Waals surface area contributed by atoms with Crippen LogP contribution in [0, 0.1) is 5.92 Å². The maximum absolute atomic E-state index is 10.2. The monoisotopic (exact) mass is 204 g/mol. The summed E-state index contributed by atoms with van der Waals surface area (Å²) in [5.41, 5.74) is 0. The number of rotatable bonds is 6. The zero-order valence-electron chi connectivity index (χ0n) is 8.90. The molecular weight excluding hydrogens is 184 g/mol. The maximum Gasteiger partial charge on any atom is 0.303 e. The van der Waals surface area contributed by atoms with Gasteiger partial charge in [0, 0.05) is 6.42 Å². The summed E-state index contributed by atoms with van der Waals surface area (Å²) in [4.78, 5) is 18.5. The van der Waals surface area contributed by atoms with Crippen LogP contribution in [0.5, 0.6) is 0 Å². The number of aliphatic carboxylic acids is 1. The van der Waals surface area contributed by atoms with Crippen LogP contribution in [0.25, 0.3) is 0 Å². The van der Waals surface area contributed by atoms with E-state index in [0.29, 0.717) is 12.3 Å². The van der Waals surface area contributed by atoms with Crippen molar-refractivity contribution < 1.29 is 19.8 Å². The van der Waals surface area contributed by atoms with Gasteiger partial charge in [0.05, 0.1) is 0 Å². The highest BCUT2D eigenvalue weighted by atomic mass is 16.4. The fourth-order valence-electron chi connectivity index (χ4n) is 1.07. The van der Waals surface area contributed by atoms with Crippen molar-refractivity contribution in [3.8, 4) is 0 Å². The molecule has 0 heterocycles. The Labute approximate surface area is 84.9 Å². The van der Waals surface area contributed by atoms with Crippen molar-refractivity contribution >= 4 is 12.4 Å². The second kappa shape index (κ2) is 11.9. The first-order valence-corrected chi connectivity index (χ1v) is 4.88. The van der Waals surface area contributed by atoms with Crippen molar-refractivity contribution in [2.24, 2.45) is 5.92 Å². The van der Waals surface area contributed by atoms with Gasteiger partial charge in [0.2, 0.25) is 0 Å². The van der Waals surface area contributed by atoms with E-state index in [2.05, 4.69) is 13.8 Å². The van der Waals surface area contributed by atoms with E-state index < -0.39 is 5.97 Å². The zero-order valence-corrected chi connectivity index (χ0v) is 8.90. The summed E-state index contributed by atoms with van der Waals surface area (Å²) >= 11 is 0. The highest BCUT2D eigenvalue weighted by Crippen LogP contribution is 2.13. The Hall–Kier alpha value is -1.06. The standard InChI is InChI=1S/C9H18O2.CH2O2/c1-3-4-5-8(2)6-7-9(10)11;2-1-3/h8H,3-7H2,1-2H3,(H,10,11);1H,(H,2,3). The Bertz CT molecular complexity index is 145. The molecule has 0 amide bonds. The quantitative estimate of drug-likeness (QED) is 0.651. The van der Waals surface area contributed by atoms with Gasteiger partial charge in [-0.1, -0.05) is 33.1 Å². The first kappa shape index (κ1) is 15.4. The number of carboxylic acid groups (broad SMARTS) is 2. The molecule has 0 aliphatic rings. The van der Waals surface area contributed by atoms with Gasteiger partial charge in [-0.3, -0.25) is 9.59 Å². The van der Waals surface area contributed by atoms with Crippen LogP contribution in [0.1, 0.15) is 46.0 Å². The molecular formula is C10H20O4. The molecule has 4 nitrogen and oxygen atoms in total. The lowest BCUT2D eigenvalue weighted by Gasteiger charge is -2.07.